The second-order valence-corrected chi connectivity index (χ2v) is 6.17. The summed E-state index contributed by atoms with van der Waals surface area (Å²) in [6.45, 7) is 7.32. The van der Waals surface area contributed by atoms with Crippen LogP contribution in [0.15, 0.2) is 24.3 Å². The molecule has 0 spiro atoms. The van der Waals surface area contributed by atoms with E-state index in [1.54, 1.807) is 12.1 Å². The average Bonchev–Trinajstić information content (AvgIpc) is 2.40. The molecular weight excluding hydrogens is 239 g/mol. The van der Waals surface area contributed by atoms with Gasteiger partial charge in [0.05, 0.1) is 0 Å². The molecule has 1 aliphatic heterocycles. The highest BCUT2D eigenvalue weighted by Crippen LogP contribution is 2.22. The molecule has 0 bridgehead atoms. The van der Waals surface area contributed by atoms with Crippen LogP contribution in [0.25, 0.3) is 0 Å². The van der Waals surface area contributed by atoms with Gasteiger partial charge in [-0.05, 0) is 37.1 Å². The molecule has 2 rings (SSSR count). The third-order valence-electron chi connectivity index (χ3n) is 3.98. The van der Waals surface area contributed by atoms with Crippen molar-refractivity contribution in [3.8, 4) is 0 Å². The van der Waals surface area contributed by atoms with Gasteiger partial charge in [-0.3, -0.25) is 0 Å². The van der Waals surface area contributed by atoms with Gasteiger partial charge in [0, 0.05) is 24.5 Å². The van der Waals surface area contributed by atoms with Crippen molar-refractivity contribution < 1.29 is 4.39 Å². The summed E-state index contributed by atoms with van der Waals surface area (Å²) < 4.78 is 13.3. The summed E-state index contributed by atoms with van der Waals surface area (Å²) in [5.41, 5.74) is 1.01. The van der Waals surface area contributed by atoms with Crippen LogP contribution in [0.5, 0.6) is 0 Å². The highest BCUT2D eigenvalue weighted by atomic mass is 19.1. The van der Waals surface area contributed by atoms with Crippen molar-refractivity contribution in [2.24, 2.45) is 0 Å². The highest BCUT2D eigenvalue weighted by Gasteiger charge is 2.21. The number of nitrogens with one attached hydrogen (secondary N) is 2. The van der Waals surface area contributed by atoms with Crippen LogP contribution in [-0.2, 0) is 5.41 Å². The molecule has 0 aliphatic carbocycles. The molecule has 19 heavy (non-hydrogen) atoms. The Kier molecular flexibility index (Phi) is 4.94. The summed E-state index contributed by atoms with van der Waals surface area (Å²) in [5.74, 6) is -0.153. The summed E-state index contributed by atoms with van der Waals surface area (Å²) in [6, 6.07) is 7.52. The zero-order chi connectivity index (χ0) is 13.7. The summed E-state index contributed by atoms with van der Waals surface area (Å²) in [6.07, 6.45) is 3.88. The van der Waals surface area contributed by atoms with Gasteiger partial charge in [-0.25, -0.2) is 4.39 Å². The predicted molar refractivity (Wildman–Crippen MR) is 77.9 cm³/mol. The number of hydrogen-bond donors (Lipinski definition) is 2. The Morgan fingerprint density at radius 1 is 1.37 bits per heavy atom. The van der Waals surface area contributed by atoms with Gasteiger partial charge in [0.15, 0.2) is 0 Å². The van der Waals surface area contributed by atoms with Gasteiger partial charge >= 0.3 is 0 Å². The summed E-state index contributed by atoms with van der Waals surface area (Å²) in [7, 11) is 0. The molecule has 2 N–H and O–H groups in total. The van der Waals surface area contributed by atoms with Crippen LogP contribution in [0.2, 0.25) is 0 Å². The minimum absolute atomic E-state index is 0.0449. The molecule has 0 saturated carbocycles. The fourth-order valence-corrected chi connectivity index (χ4v) is 2.67. The molecule has 1 heterocycles. The van der Waals surface area contributed by atoms with Crippen molar-refractivity contribution in [1.29, 1.82) is 0 Å². The first-order chi connectivity index (χ1) is 9.08. The molecule has 0 amide bonds. The minimum atomic E-state index is -0.153. The molecule has 3 heteroatoms. The van der Waals surface area contributed by atoms with Crippen molar-refractivity contribution in [3.63, 3.8) is 0 Å². The lowest BCUT2D eigenvalue weighted by Crippen LogP contribution is -2.44. The number of rotatable bonds is 5. The zero-order valence-corrected chi connectivity index (χ0v) is 12.0. The average molecular weight is 264 g/mol. The van der Waals surface area contributed by atoms with Crippen LogP contribution >= 0.6 is 0 Å². The first-order valence-corrected chi connectivity index (χ1v) is 7.28. The molecule has 0 radical (unpaired) electrons. The summed E-state index contributed by atoms with van der Waals surface area (Å²) in [4.78, 5) is 0. The Hall–Kier alpha value is -0.930. The second kappa shape index (κ2) is 6.49. The van der Waals surface area contributed by atoms with E-state index in [1.807, 2.05) is 6.07 Å². The van der Waals surface area contributed by atoms with Crippen LogP contribution < -0.4 is 10.6 Å². The van der Waals surface area contributed by atoms with Gasteiger partial charge in [0.25, 0.3) is 0 Å². The molecule has 1 atom stereocenters. The molecule has 1 unspecified atom stereocenters. The first-order valence-electron chi connectivity index (χ1n) is 7.28. The maximum Gasteiger partial charge on any atom is 0.123 e. The number of piperidine rings is 1. The Morgan fingerprint density at radius 3 is 2.89 bits per heavy atom. The maximum absolute atomic E-state index is 13.3. The van der Waals surface area contributed by atoms with Crippen LogP contribution in [0.1, 0.15) is 38.7 Å². The fourth-order valence-electron chi connectivity index (χ4n) is 2.67. The monoisotopic (exact) mass is 264 g/mol. The van der Waals surface area contributed by atoms with E-state index in [0.717, 1.165) is 25.2 Å². The number of hydrogen-bond acceptors (Lipinski definition) is 2. The van der Waals surface area contributed by atoms with E-state index in [1.165, 1.54) is 25.3 Å². The second-order valence-electron chi connectivity index (χ2n) is 6.17. The minimum Gasteiger partial charge on any atom is -0.314 e. The SMILES string of the molecule is CC(C)(CNCC1CCCCN1)c1cccc(F)c1. The van der Waals surface area contributed by atoms with Crippen molar-refractivity contribution in [2.45, 2.75) is 44.6 Å². The van der Waals surface area contributed by atoms with Crippen LogP contribution in [-0.4, -0.2) is 25.7 Å². The van der Waals surface area contributed by atoms with Crippen molar-refractivity contribution >= 4 is 0 Å². The third kappa shape index (κ3) is 4.29. The van der Waals surface area contributed by atoms with E-state index in [9.17, 15) is 4.39 Å². The van der Waals surface area contributed by atoms with E-state index in [2.05, 4.69) is 24.5 Å². The normalized spacial score (nSPS) is 20.5. The third-order valence-corrected chi connectivity index (χ3v) is 3.98. The van der Waals surface area contributed by atoms with Crippen LogP contribution in [0.4, 0.5) is 4.39 Å². The van der Waals surface area contributed by atoms with Crippen molar-refractivity contribution in [2.75, 3.05) is 19.6 Å². The quantitative estimate of drug-likeness (QED) is 0.854. The molecule has 0 aromatic heterocycles. The Labute approximate surface area is 115 Å². The van der Waals surface area contributed by atoms with E-state index >= 15 is 0 Å². The lowest BCUT2D eigenvalue weighted by Gasteiger charge is -2.29. The molecule has 1 aliphatic rings. The molecule has 1 fully saturated rings. The fraction of sp³-hybridized carbons (Fsp3) is 0.625. The Balaban J connectivity index is 1.83. The lowest BCUT2D eigenvalue weighted by atomic mass is 9.84. The predicted octanol–water partition coefficient (Wildman–Crippen LogP) is 2.84. The molecule has 106 valence electrons. The topological polar surface area (TPSA) is 24.1 Å². The first kappa shape index (κ1) is 14.5. The molecular formula is C16H25FN2. The van der Waals surface area contributed by atoms with Gasteiger partial charge in [-0.1, -0.05) is 32.4 Å². The lowest BCUT2D eigenvalue weighted by molar-refractivity contribution is 0.366. The van der Waals surface area contributed by atoms with Gasteiger partial charge in [-0.15, -0.1) is 0 Å². The van der Waals surface area contributed by atoms with E-state index in [0.29, 0.717) is 6.04 Å². The molecule has 1 saturated heterocycles. The van der Waals surface area contributed by atoms with Crippen molar-refractivity contribution in [3.05, 3.63) is 35.6 Å². The van der Waals surface area contributed by atoms with Crippen molar-refractivity contribution in [1.82, 2.24) is 10.6 Å². The number of halogens is 1. The Morgan fingerprint density at radius 2 is 2.21 bits per heavy atom. The zero-order valence-electron chi connectivity index (χ0n) is 12.0. The number of benzene rings is 1. The van der Waals surface area contributed by atoms with E-state index < -0.39 is 0 Å². The van der Waals surface area contributed by atoms with E-state index in [-0.39, 0.29) is 11.2 Å². The smallest absolute Gasteiger partial charge is 0.123 e. The molecule has 1 aromatic rings. The summed E-state index contributed by atoms with van der Waals surface area (Å²) >= 11 is 0. The van der Waals surface area contributed by atoms with Gasteiger partial charge in [0.2, 0.25) is 0 Å². The van der Waals surface area contributed by atoms with Crippen LogP contribution in [0, 0.1) is 5.82 Å². The van der Waals surface area contributed by atoms with E-state index in [4.69, 9.17) is 0 Å². The van der Waals surface area contributed by atoms with Gasteiger partial charge < -0.3 is 10.6 Å². The summed E-state index contributed by atoms with van der Waals surface area (Å²) in [5, 5.41) is 7.06. The standard InChI is InChI=1S/C16H25FN2/c1-16(2,13-6-5-7-14(17)10-13)12-18-11-15-8-3-4-9-19-15/h5-7,10,15,18-19H,3-4,8-9,11-12H2,1-2H3. The van der Waals surface area contributed by atoms with Gasteiger partial charge in [0.1, 0.15) is 5.82 Å². The molecule has 2 nitrogen and oxygen atoms in total. The molecule has 1 aromatic carbocycles. The van der Waals surface area contributed by atoms with Crippen LogP contribution in [0.3, 0.4) is 0 Å². The highest BCUT2D eigenvalue weighted by molar-refractivity contribution is 5.24. The van der Waals surface area contributed by atoms with Gasteiger partial charge in [-0.2, -0.15) is 0 Å². The Bertz CT molecular complexity index is 397. The largest absolute Gasteiger partial charge is 0.314 e. The maximum atomic E-state index is 13.3.